The summed E-state index contributed by atoms with van der Waals surface area (Å²) in [5.74, 6) is 1.37. The van der Waals surface area contributed by atoms with Gasteiger partial charge >= 0.3 is 12.2 Å². The standard InChI is InChI=1S/C46H48FN5O7/c1-31-14-17-49-28-43(31)59-45(54)51-19-15-41(16-20-51)57-40-12-10-39(11-13-40)56-30-34-22-36(24-38(47)23-34)35-9-3-6-32(21-35)5-2-7-33-8-4-18-52(29-33)46(55)58-42-25-37(44(48)53)26-50-27-42/h3,6,9-14,17,21-28,33,41H,2,4-5,7-8,15-16,18-20,29-30H2,1H3,(H2,48,53). The average molecular weight is 802 g/mol. The van der Waals surface area contributed by atoms with Crippen LogP contribution >= 0.6 is 0 Å². The van der Waals surface area contributed by atoms with Crippen molar-refractivity contribution in [3.63, 3.8) is 0 Å². The Balaban J connectivity index is 0.853. The van der Waals surface area contributed by atoms with Gasteiger partial charge in [0, 0.05) is 51.4 Å². The van der Waals surface area contributed by atoms with Crippen LogP contribution in [-0.4, -0.2) is 70.1 Å². The molecule has 2 saturated heterocycles. The van der Waals surface area contributed by atoms with E-state index in [9.17, 15) is 18.8 Å². The van der Waals surface area contributed by atoms with E-state index in [-0.39, 0.29) is 35.9 Å². The first-order chi connectivity index (χ1) is 28.6. The highest BCUT2D eigenvalue weighted by Crippen LogP contribution is 2.28. The van der Waals surface area contributed by atoms with Gasteiger partial charge in [0.05, 0.1) is 18.0 Å². The average Bonchev–Trinajstić information content (AvgIpc) is 3.24. The SMILES string of the molecule is Cc1ccncc1OC(=O)N1CCC(Oc2ccc(OCc3cc(F)cc(-c4cccc(CCCC5CCCN(C(=O)Oc6cncc(C(N)=O)c6)C5)c4)c3)cc2)CC1. The number of carbonyl (C=O) groups excluding carboxylic acids is 3. The minimum Gasteiger partial charge on any atom is -0.490 e. The molecule has 0 saturated carbocycles. The Labute approximate surface area is 343 Å². The quantitative estimate of drug-likeness (QED) is 0.124. The summed E-state index contributed by atoms with van der Waals surface area (Å²) in [5.41, 5.74) is 9.93. The number of amides is 3. The van der Waals surface area contributed by atoms with Crippen LogP contribution in [0.3, 0.4) is 0 Å². The number of piperidine rings is 2. The van der Waals surface area contributed by atoms with Crippen LogP contribution in [0.5, 0.6) is 23.0 Å². The van der Waals surface area contributed by atoms with Gasteiger partial charge in [0.25, 0.3) is 0 Å². The molecule has 7 rings (SSSR count). The molecule has 1 unspecified atom stereocenters. The van der Waals surface area contributed by atoms with Crippen LogP contribution in [0.2, 0.25) is 0 Å². The van der Waals surface area contributed by atoms with E-state index >= 15 is 0 Å². The molecule has 2 aliphatic heterocycles. The van der Waals surface area contributed by atoms with Crippen molar-refractivity contribution in [3.8, 4) is 34.1 Å². The molecule has 59 heavy (non-hydrogen) atoms. The van der Waals surface area contributed by atoms with Crippen LogP contribution < -0.4 is 24.7 Å². The zero-order chi connectivity index (χ0) is 41.1. The second-order valence-electron chi connectivity index (χ2n) is 15.1. The summed E-state index contributed by atoms with van der Waals surface area (Å²) >= 11 is 0. The number of rotatable bonds is 13. The van der Waals surface area contributed by atoms with E-state index in [1.54, 1.807) is 34.3 Å². The van der Waals surface area contributed by atoms with Crippen LogP contribution in [0.4, 0.5) is 14.0 Å². The highest BCUT2D eigenvalue weighted by atomic mass is 19.1. The lowest BCUT2D eigenvalue weighted by Crippen LogP contribution is -2.43. The Kier molecular flexibility index (Phi) is 13.3. The van der Waals surface area contributed by atoms with Crippen molar-refractivity contribution in [1.82, 2.24) is 19.8 Å². The second-order valence-corrected chi connectivity index (χ2v) is 15.1. The number of carbonyl (C=O) groups is 3. The second kappa shape index (κ2) is 19.3. The highest BCUT2D eigenvalue weighted by Gasteiger charge is 2.27. The molecule has 3 aromatic carbocycles. The molecule has 0 spiro atoms. The largest absolute Gasteiger partial charge is 0.490 e. The zero-order valence-electron chi connectivity index (χ0n) is 33.1. The molecule has 4 heterocycles. The number of pyridine rings is 2. The lowest BCUT2D eigenvalue weighted by atomic mass is 9.91. The van der Waals surface area contributed by atoms with Crippen LogP contribution in [-0.2, 0) is 13.0 Å². The fraction of sp³-hybridized carbons (Fsp3) is 0.326. The fourth-order valence-electron chi connectivity index (χ4n) is 7.49. The van der Waals surface area contributed by atoms with Crippen molar-refractivity contribution >= 4 is 18.1 Å². The number of hydrogen-bond donors (Lipinski definition) is 1. The minimum absolute atomic E-state index is 0.0307. The molecule has 2 fully saturated rings. The lowest BCUT2D eigenvalue weighted by molar-refractivity contribution is 0.0927. The maximum Gasteiger partial charge on any atom is 0.415 e. The topological polar surface area (TPSA) is 146 Å². The van der Waals surface area contributed by atoms with E-state index < -0.39 is 12.0 Å². The van der Waals surface area contributed by atoms with Gasteiger partial charge in [-0.1, -0.05) is 24.3 Å². The molecular weight excluding hydrogens is 754 g/mol. The third-order valence-electron chi connectivity index (χ3n) is 10.7. The van der Waals surface area contributed by atoms with E-state index in [0.717, 1.165) is 54.4 Å². The van der Waals surface area contributed by atoms with Crippen molar-refractivity contribution in [2.24, 2.45) is 11.7 Å². The monoisotopic (exact) mass is 801 g/mol. The number of benzene rings is 3. The van der Waals surface area contributed by atoms with Crippen molar-refractivity contribution in [3.05, 3.63) is 132 Å². The van der Waals surface area contributed by atoms with Gasteiger partial charge in [-0.3, -0.25) is 14.8 Å². The predicted molar refractivity (Wildman–Crippen MR) is 219 cm³/mol. The summed E-state index contributed by atoms with van der Waals surface area (Å²) < 4.78 is 38.2. The van der Waals surface area contributed by atoms with E-state index in [1.165, 1.54) is 24.5 Å². The number of aryl methyl sites for hydroxylation is 2. The molecule has 3 amide bonds. The molecule has 12 nitrogen and oxygen atoms in total. The van der Waals surface area contributed by atoms with Gasteiger partial charge in [0.2, 0.25) is 5.91 Å². The Morgan fingerprint density at radius 3 is 2.36 bits per heavy atom. The molecule has 306 valence electrons. The molecule has 2 N–H and O–H groups in total. The first-order valence-corrected chi connectivity index (χ1v) is 20.0. The Bertz CT molecular complexity index is 2250. The van der Waals surface area contributed by atoms with Gasteiger partial charge in [0.15, 0.2) is 11.5 Å². The fourth-order valence-corrected chi connectivity index (χ4v) is 7.49. The number of halogens is 1. The zero-order valence-corrected chi connectivity index (χ0v) is 33.1. The molecule has 0 bridgehead atoms. The molecule has 5 aromatic rings. The van der Waals surface area contributed by atoms with E-state index in [2.05, 4.69) is 22.1 Å². The summed E-state index contributed by atoms with van der Waals surface area (Å²) in [4.78, 5) is 48.3. The number of ether oxygens (including phenoxy) is 4. The van der Waals surface area contributed by atoms with Crippen LogP contribution in [0.25, 0.3) is 11.1 Å². The van der Waals surface area contributed by atoms with Gasteiger partial charge < -0.3 is 34.5 Å². The first-order valence-electron chi connectivity index (χ1n) is 20.0. The normalized spacial score (nSPS) is 15.7. The Hall–Kier alpha value is -6.50. The van der Waals surface area contributed by atoms with Crippen molar-refractivity contribution < 1.29 is 37.7 Å². The van der Waals surface area contributed by atoms with Gasteiger partial charge in [-0.2, -0.15) is 0 Å². The number of primary amides is 1. The van der Waals surface area contributed by atoms with E-state index in [1.807, 2.05) is 49.4 Å². The summed E-state index contributed by atoms with van der Waals surface area (Å²) in [6, 6.07) is 23.8. The van der Waals surface area contributed by atoms with Gasteiger partial charge in [-0.15, -0.1) is 0 Å². The molecule has 1 atom stereocenters. The number of aromatic nitrogens is 2. The maximum atomic E-state index is 14.9. The lowest BCUT2D eigenvalue weighted by Gasteiger charge is -2.32. The maximum absolute atomic E-state index is 14.9. The minimum atomic E-state index is -0.638. The van der Waals surface area contributed by atoms with Crippen LogP contribution in [0.1, 0.15) is 65.6 Å². The van der Waals surface area contributed by atoms with E-state index in [4.69, 9.17) is 24.7 Å². The van der Waals surface area contributed by atoms with Crippen LogP contribution in [0.15, 0.2) is 104 Å². The van der Waals surface area contributed by atoms with Gasteiger partial charge in [-0.25, -0.2) is 14.0 Å². The molecule has 0 aliphatic carbocycles. The summed E-state index contributed by atoms with van der Waals surface area (Å²) in [5, 5.41) is 0. The van der Waals surface area contributed by atoms with Crippen molar-refractivity contribution in [1.29, 1.82) is 0 Å². The Morgan fingerprint density at radius 1 is 0.780 bits per heavy atom. The number of hydrogen-bond acceptors (Lipinski definition) is 9. The van der Waals surface area contributed by atoms with Crippen molar-refractivity contribution in [2.75, 3.05) is 26.2 Å². The molecule has 2 aromatic heterocycles. The van der Waals surface area contributed by atoms with Gasteiger partial charge in [0.1, 0.15) is 30.0 Å². The molecule has 2 aliphatic rings. The third kappa shape index (κ3) is 11.3. The molecular formula is C46H48FN5O7. The van der Waals surface area contributed by atoms with Crippen LogP contribution in [0, 0.1) is 18.7 Å². The number of nitrogens with two attached hydrogens (primary N) is 1. The predicted octanol–water partition coefficient (Wildman–Crippen LogP) is 8.54. The summed E-state index contributed by atoms with van der Waals surface area (Å²) in [6.07, 6.45) is 11.1. The first kappa shape index (κ1) is 40.7. The Morgan fingerprint density at radius 2 is 1.56 bits per heavy atom. The molecule has 0 radical (unpaired) electrons. The smallest absolute Gasteiger partial charge is 0.415 e. The van der Waals surface area contributed by atoms with Crippen molar-refractivity contribution in [2.45, 2.75) is 64.6 Å². The number of nitrogens with zero attached hydrogens (tertiary/aromatic N) is 4. The summed E-state index contributed by atoms with van der Waals surface area (Å²) in [7, 11) is 0. The highest BCUT2D eigenvalue weighted by molar-refractivity contribution is 5.92. The van der Waals surface area contributed by atoms with Gasteiger partial charge in [-0.05, 0) is 127 Å². The molecule has 13 heteroatoms. The third-order valence-corrected chi connectivity index (χ3v) is 10.7. The van der Waals surface area contributed by atoms with E-state index in [0.29, 0.717) is 67.8 Å². The number of likely N-dealkylation sites (tertiary alicyclic amines) is 2. The summed E-state index contributed by atoms with van der Waals surface area (Å²) in [6.45, 7) is 4.34.